The Morgan fingerprint density at radius 1 is 1.48 bits per heavy atom. The van der Waals surface area contributed by atoms with Crippen LogP contribution in [0.4, 0.5) is 0 Å². The summed E-state index contributed by atoms with van der Waals surface area (Å²) in [7, 11) is 0. The summed E-state index contributed by atoms with van der Waals surface area (Å²) in [6.45, 7) is 5.07. The van der Waals surface area contributed by atoms with Crippen LogP contribution in [0.3, 0.4) is 0 Å². The van der Waals surface area contributed by atoms with Gasteiger partial charge in [0.1, 0.15) is 5.76 Å². The van der Waals surface area contributed by atoms with Crippen molar-refractivity contribution in [1.29, 1.82) is 0 Å². The minimum Gasteiger partial charge on any atom is -0.387 e. The smallest absolute Gasteiger partial charge is 0.138 e. The predicted molar refractivity (Wildman–Crippen MR) is 83.4 cm³/mol. The van der Waals surface area contributed by atoms with E-state index in [-0.39, 0.29) is 6.10 Å². The van der Waals surface area contributed by atoms with Crippen LogP contribution in [0.25, 0.3) is 0 Å². The van der Waals surface area contributed by atoms with Crippen molar-refractivity contribution < 1.29 is 9.63 Å². The van der Waals surface area contributed by atoms with E-state index in [4.69, 9.17) is 4.52 Å². The number of aliphatic hydroxyl groups is 1. The molecule has 1 N–H and O–H groups in total. The number of rotatable bonds is 5. The van der Waals surface area contributed by atoms with Gasteiger partial charge in [0.15, 0.2) is 0 Å². The summed E-state index contributed by atoms with van der Waals surface area (Å²) >= 11 is 1.65. The average Bonchev–Trinajstić information content (AvgIpc) is 3.16. The molecule has 0 bridgehead atoms. The van der Waals surface area contributed by atoms with Crippen molar-refractivity contribution >= 4 is 11.3 Å². The molecule has 1 aliphatic heterocycles. The van der Waals surface area contributed by atoms with Crippen LogP contribution in [-0.2, 0) is 6.42 Å². The Morgan fingerprint density at radius 3 is 2.90 bits per heavy atom. The molecule has 0 saturated carbocycles. The second-order valence-electron chi connectivity index (χ2n) is 5.82. The van der Waals surface area contributed by atoms with Gasteiger partial charge in [-0.1, -0.05) is 11.2 Å². The molecule has 0 aromatic carbocycles. The third-order valence-corrected chi connectivity index (χ3v) is 5.21. The van der Waals surface area contributed by atoms with Crippen molar-refractivity contribution in [3.8, 4) is 0 Å². The number of thiophene rings is 1. The zero-order valence-corrected chi connectivity index (χ0v) is 13.2. The van der Waals surface area contributed by atoms with Crippen LogP contribution in [0.2, 0.25) is 0 Å². The molecule has 114 valence electrons. The molecule has 0 radical (unpaired) electrons. The van der Waals surface area contributed by atoms with Crippen LogP contribution in [0.5, 0.6) is 0 Å². The largest absolute Gasteiger partial charge is 0.387 e. The lowest BCUT2D eigenvalue weighted by molar-refractivity contribution is 0.0611. The maximum atomic E-state index is 10.4. The monoisotopic (exact) mass is 306 g/mol. The molecule has 1 saturated heterocycles. The molecule has 1 fully saturated rings. The Morgan fingerprint density at radius 2 is 2.29 bits per heavy atom. The summed E-state index contributed by atoms with van der Waals surface area (Å²) in [6, 6.07) is 6.05. The second-order valence-corrected chi connectivity index (χ2v) is 6.80. The molecule has 0 spiro atoms. The van der Waals surface area contributed by atoms with Gasteiger partial charge >= 0.3 is 0 Å². The Bertz CT molecular complexity index is 544. The molecular formula is C16H22N2O2S. The standard InChI is InChI=1S/C16H22N2O2S/c1-12-11-14(20-17-12)6-9-18-7-4-13(5-8-18)16(19)15-3-2-10-21-15/h2-3,10-11,13,16,19H,4-9H2,1H3. The first kappa shape index (κ1) is 14.8. The fraction of sp³-hybridized carbons (Fsp3) is 0.562. The van der Waals surface area contributed by atoms with Gasteiger partial charge in [-0.25, -0.2) is 0 Å². The van der Waals surface area contributed by atoms with E-state index in [1.807, 2.05) is 30.5 Å². The van der Waals surface area contributed by atoms with E-state index < -0.39 is 0 Å². The van der Waals surface area contributed by atoms with Gasteiger partial charge in [-0.3, -0.25) is 0 Å². The first-order chi connectivity index (χ1) is 10.2. The summed E-state index contributed by atoms with van der Waals surface area (Å²) in [4.78, 5) is 3.56. The number of hydrogen-bond donors (Lipinski definition) is 1. The van der Waals surface area contributed by atoms with E-state index in [0.29, 0.717) is 5.92 Å². The SMILES string of the molecule is Cc1cc(CCN2CCC(C(O)c3cccs3)CC2)on1. The normalized spacial score (nSPS) is 19.0. The fourth-order valence-electron chi connectivity index (χ4n) is 2.99. The van der Waals surface area contributed by atoms with Gasteiger partial charge in [-0.2, -0.15) is 0 Å². The van der Waals surface area contributed by atoms with E-state index in [9.17, 15) is 5.11 Å². The van der Waals surface area contributed by atoms with Crippen LogP contribution < -0.4 is 0 Å². The number of hydrogen-bond acceptors (Lipinski definition) is 5. The van der Waals surface area contributed by atoms with Gasteiger partial charge in [0.2, 0.25) is 0 Å². The maximum Gasteiger partial charge on any atom is 0.138 e. The first-order valence-electron chi connectivity index (χ1n) is 7.58. The molecule has 3 rings (SSSR count). The molecule has 1 aliphatic rings. The van der Waals surface area contributed by atoms with E-state index in [1.165, 1.54) is 0 Å². The van der Waals surface area contributed by atoms with E-state index in [0.717, 1.165) is 55.2 Å². The van der Waals surface area contributed by atoms with Gasteiger partial charge < -0.3 is 14.5 Å². The van der Waals surface area contributed by atoms with Crippen molar-refractivity contribution in [2.75, 3.05) is 19.6 Å². The van der Waals surface area contributed by atoms with Gasteiger partial charge in [0.05, 0.1) is 11.8 Å². The van der Waals surface area contributed by atoms with Crippen LogP contribution in [0, 0.1) is 12.8 Å². The van der Waals surface area contributed by atoms with Crippen LogP contribution in [-0.4, -0.2) is 34.8 Å². The van der Waals surface area contributed by atoms with Crippen molar-refractivity contribution in [2.45, 2.75) is 32.3 Å². The number of aliphatic hydroxyl groups excluding tert-OH is 1. The first-order valence-corrected chi connectivity index (χ1v) is 8.46. The van der Waals surface area contributed by atoms with Gasteiger partial charge in [-0.15, -0.1) is 11.3 Å². The molecule has 3 heterocycles. The molecule has 1 atom stereocenters. The zero-order chi connectivity index (χ0) is 14.7. The van der Waals surface area contributed by atoms with Crippen molar-refractivity contribution in [2.24, 2.45) is 5.92 Å². The lowest BCUT2D eigenvalue weighted by atomic mass is 9.90. The highest BCUT2D eigenvalue weighted by atomic mass is 32.1. The van der Waals surface area contributed by atoms with Crippen molar-refractivity contribution in [1.82, 2.24) is 10.1 Å². The van der Waals surface area contributed by atoms with Crippen molar-refractivity contribution in [3.05, 3.63) is 39.9 Å². The summed E-state index contributed by atoms with van der Waals surface area (Å²) in [5.74, 6) is 1.36. The van der Waals surface area contributed by atoms with Crippen LogP contribution in [0.15, 0.2) is 28.1 Å². The Hall–Kier alpha value is -1.17. The lowest BCUT2D eigenvalue weighted by Gasteiger charge is -2.33. The molecule has 0 aliphatic carbocycles. The molecule has 1 unspecified atom stereocenters. The summed E-state index contributed by atoms with van der Waals surface area (Å²) in [5.41, 5.74) is 0.947. The quantitative estimate of drug-likeness (QED) is 0.922. The molecule has 21 heavy (non-hydrogen) atoms. The highest BCUT2D eigenvalue weighted by Crippen LogP contribution is 2.32. The maximum absolute atomic E-state index is 10.4. The third-order valence-electron chi connectivity index (χ3n) is 4.26. The Labute approximate surface area is 129 Å². The molecule has 0 amide bonds. The minimum atomic E-state index is -0.288. The number of likely N-dealkylation sites (tertiary alicyclic amines) is 1. The molecule has 2 aromatic heterocycles. The molecule has 4 nitrogen and oxygen atoms in total. The topological polar surface area (TPSA) is 49.5 Å². The molecular weight excluding hydrogens is 284 g/mol. The zero-order valence-electron chi connectivity index (χ0n) is 12.4. The predicted octanol–water partition coefficient (Wildman–Crippen LogP) is 3.03. The van der Waals surface area contributed by atoms with Crippen LogP contribution >= 0.6 is 11.3 Å². The van der Waals surface area contributed by atoms with E-state index in [2.05, 4.69) is 10.1 Å². The number of aromatic nitrogens is 1. The summed E-state index contributed by atoms with van der Waals surface area (Å²) < 4.78 is 5.25. The molecule has 2 aromatic rings. The number of nitrogens with zero attached hydrogens (tertiary/aromatic N) is 2. The lowest BCUT2D eigenvalue weighted by Crippen LogP contribution is -2.36. The van der Waals surface area contributed by atoms with E-state index >= 15 is 0 Å². The fourth-order valence-corrected chi connectivity index (χ4v) is 3.79. The highest BCUT2D eigenvalue weighted by Gasteiger charge is 2.26. The summed E-state index contributed by atoms with van der Waals surface area (Å²) in [5, 5.41) is 16.4. The molecule has 5 heteroatoms. The van der Waals surface area contributed by atoms with Gasteiger partial charge in [0, 0.05) is 23.9 Å². The van der Waals surface area contributed by atoms with Gasteiger partial charge in [-0.05, 0) is 50.2 Å². The average molecular weight is 306 g/mol. The summed E-state index contributed by atoms with van der Waals surface area (Å²) in [6.07, 6.45) is 2.76. The van der Waals surface area contributed by atoms with Crippen LogP contribution in [0.1, 0.15) is 35.3 Å². The van der Waals surface area contributed by atoms with E-state index in [1.54, 1.807) is 11.3 Å². The third kappa shape index (κ3) is 3.73. The Kier molecular flexibility index (Phi) is 4.73. The number of piperidine rings is 1. The Balaban J connectivity index is 1.44. The van der Waals surface area contributed by atoms with Gasteiger partial charge in [0.25, 0.3) is 0 Å². The minimum absolute atomic E-state index is 0.288. The van der Waals surface area contributed by atoms with Crippen molar-refractivity contribution in [3.63, 3.8) is 0 Å². The number of aryl methyl sites for hydroxylation is 1. The highest BCUT2D eigenvalue weighted by molar-refractivity contribution is 7.10. The second kappa shape index (κ2) is 6.73.